The number of hydrogen-bond donors (Lipinski definition) is 2. The lowest BCUT2D eigenvalue weighted by Gasteiger charge is -2.37. The van der Waals surface area contributed by atoms with Gasteiger partial charge in [0.1, 0.15) is 12.4 Å². The molecule has 0 radical (unpaired) electrons. The van der Waals surface area contributed by atoms with Gasteiger partial charge in [-0.25, -0.2) is 0 Å². The number of fused-ring (bicyclic) bond motifs is 1. The van der Waals surface area contributed by atoms with E-state index in [1.165, 1.54) is 5.56 Å². The van der Waals surface area contributed by atoms with E-state index in [0.717, 1.165) is 37.1 Å². The Balaban J connectivity index is 1.35. The summed E-state index contributed by atoms with van der Waals surface area (Å²) < 4.78 is 7.65. The summed E-state index contributed by atoms with van der Waals surface area (Å²) in [5.74, 6) is 1.13. The van der Waals surface area contributed by atoms with Crippen LogP contribution >= 0.6 is 0 Å². The molecule has 6 nitrogen and oxygen atoms in total. The van der Waals surface area contributed by atoms with Gasteiger partial charge in [-0.2, -0.15) is 5.10 Å². The summed E-state index contributed by atoms with van der Waals surface area (Å²) in [6, 6.07) is 17.8. The molecule has 2 heterocycles. The summed E-state index contributed by atoms with van der Waals surface area (Å²) >= 11 is 0. The van der Waals surface area contributed by atoms with Crippen LogP contribution in [0.15, 0.2) is 60.8 Å². The van der Waals surface area contributed by atoms with Crippen LogP contribution in [0.3, 0.4) is 0 Å². The third kappa shape index (κ3) is 4.82. The fraction of sp³-hybridized carbons (Fsp3) is 0.333. The molecule has 1 unspecified atom stereocenters. The first-order valence-electron chi connectivity index (χ1n) is 10.4. The summed E-state index contributed by atoms with van der Waals surface area (Å²) in [6.07, 6.45) is 6.13. The Bertz CT molecular complexity index is 1020. The first kappa shape index (κ1) is 20.0. The van der Waals surface area contributed by atoms with Gasteiger partial charge in [0.25, 0.3) is 5.91 Å². The molecule has 6 heteroatoms. The molecular weight excluding hydrogens is 376 g/mol. The second-order valence-electron chi connectivity index (χ2n) is 8.21. The number of ether oxygens (including phenoxy) is 1. The number of nitrogens with one attached hydrogen (secondary N) is 2. The standard InChI is InChI=1S/C24H28N4O2/c1-24(14-7-6-10-18-8-4-3-5-9-18)17-30-21-12-11-19(16-20(21)26-24)23(29)25-22-13-15-28(2)27-22/h3-5,8-9,11-13,15-16,26H,6-7,10,14,17H2,1-2H3,(H,25,27,29). The highest BCUT2D eigenvalue weighted by Crippen LogP contribution is 2.35. The van der Waals surface area contributed by atoms with E-state index >= 15 is 0 Å². The van der Waals surface area contributed by atoms with Gasteiger partial charge in [0.15, 0.2) is 5.82 Å². The number of benzene rings is 2. The monoisotopic (exact) mass is 404 g/mol. The maximum atomic E-state index is 12.6. The predicted molar refractivity (Wildman–Crippen MR) is 119 cm³/mol. The van der Waals surface area contributed by atoms with E-state index in [9.17, 15) is 4.79 Å². The van der Waals surface area contributed by atoms with Crippen molar-refractivity contribution in [3.8, 4) is 5.75 Å². The summed E-state index contributed by atoms with van der Waals surface area (Å²) in [4.78, 5) is 12.6. The van der Waals surface area contributed by atoms with E-state index in [1.54, 1.807) is 23.0 Å². The van der Waals surface area contributed by atoms with Gasteiger partial charge in [0.2, 0.25) is 0 Å². The number of aromatic nitrogens is 2. The third-order valence-corrected chi connectivity index (χ3v) is 5.47. The van der Waals surface area contributed by atoms with Gasteiger partial charge in [-0.3, -0.25) is 9.48 Å². The largest absolute Gasteiger partial charge is 0.489 e. The van der Waals surface area contributed by atoms with Crippen LogP contribution in [-0.4, -0.2) is 27.8 Å². The van der Waals surface area contributed by atoms with Crippen LogP contribution in [0.5, 0.6) is 5.75 Å². The topological polar surface area (TPSA) is 68.2 Å². The number of unbranched alkanes of at least 4 members (excludes halogenated alkanes) is 1. The van der Waals surface area contributed by atoms with Crippen molar-refractivity contribution >= 4 is 17.4 Å². The highest BCUT2D eigenvalue weighted by atomic mass is 16.5. The summed E-state index contributed by atoms with van der Waals surface area (Å²) in [7, 11) is 1.82. The molecule has 4 rings (SSSR count). The molecule has 0 fully saturated rings. The summed E-state index contributed by atoms with van der Waals surface area (Å²) in [6.45, 7) is 2.80. The molecule has 0 saturated carbocycles. The van der Waals surface area contributed by atoms with Gasteiger partial charge in [-0.15, -0.1) is 0 Å². The Morgan fingerprint density at radius 1 is 1.20 bits per heavy atom. The fourth-order valence-corrected chi connectivity index (χ4v) is 3.79. The van der Waals surface area contributed by atoms with Crippen molar-refractivity contribution in [3.05, 3.63) is 71.9 Å². The lowest BCUT2D eigenvalue weighted by atomic mass is 9.92. The minimum Gasteiger partial charge on any atom is -0.489 e. The molecule has 1 aliphatic rings. The quantitative estimate of drug-likeness (QED) is 0.563. The maximum Gasteiger partial charge on any atom is 0.256 e. The Hall–Kier alpha value is -3.28. The van der Waals surface area contributed by atoms with Crippen LogP contribution < -0.4 is 15.4 Å². The van der Waals surface area contributed by atoms with Gasteiger partial charge in [-0.05, 0) is 49.9 Å². The van der Waals surface area contributed by atoms with Gasteiger partial charge < -0.3 is 15.4 Å². The second-order valence-corrected chi connectivity index (χ2v) is 8.21. The second kappa shape index (κ2) is 8.61. The molecule has 1 atom stereocenters. The maximum absolute atomic E-state index is 12.6. The van der Waals surface area contributed by atoms with Crippen LogP contribution in [0.1, 0.15) is 42.1 Å². The van der Waals surface area contributed by atoms with Crippen molar-refractivity contribution in [2.75, 3.05) is 17.2 Å². The number of nitrogens with zero attached hydrogens (tertiary/aromatic N) is 2. The van der Waals surface area contributed by atoms with Gasteiger partial charge >= 0.3 is 0 Å². The first-order chi connectivity index (χ1) is 14.5. The number of hydrogen-bond acceptors (Lipinski definition) is 4. The van der Waals surface area contributed by atoms with Crippen molar-refractivity contribution in [1.82, 2.24) is 9.78 Å². The normalized spacial score (nSPS) is 17.5. The number of aryl methyl sites for hydroxylation is 2. The fourth-order valence-electron chi connectivity index (χ4n) is 3.79. The lowest BCUT2D eigenvalue weighted by molar-refractivity contribution is 0.102. The third-order valence-electron chi connectivity index (χ3n) is 5.47. The Morgan fingerprint density at radius 2 is 2.03 bits per heavy atom. The molecule has 156 valence electrons. The molecule has 1 aromatic heterocycles. The smallest absolute Gasteiger partial charge is 0.256 e. The van der Waals surface area contributed by atoms with E-state index in [2.05, 4.69) is 53.0 Å². The van der Waals surface area contributed by atoms with Crippen molar-refractivity contribution < 1.29 is 9.53 Å². The van der Waals surface area contributed by atoms with E-state index in [1.807, 2.05) is 19.2 Å². The molecule has 3 aromatic rings. The molecule has 0 aliphatic carbocycles. The first-order valence-corrected chi connectivity index (χ1v) is 10.4. The minimum absolute atomic E-state index is 0.153. The molecule has 1 aliphatic heterocycles. The molecule has 30 heavy (non-hydrogen) atoms. The minimum atomic E-state index is -0.187. The zero-order valence-electron chi connectivity index (χ0n) is 17.5. The number of carbonyl (C=O) groups is 1. The SMILES string of the molecule is Cn1ccc(NC(=O)c2ccc3c(c2)NC(C)(CCCCc2ccccc2)CO3)n1. The summed E-state index contributed by atoms with van der Waals surface area (Å²) in [5, 5.41) is 10.6. The van der Waals surface area contributed by atoms with Crippen molar-refractivity contribution in [1.29, 1.82) is 0 Å². The summed E-state index contributed by atoms with van der Waals surface area (Å²) in [5.41, 5.74) is 2.66. The molecule has 2 N–H and O–H groups in total. The molecule has 0 bridgehead atoms. The number of carbonyl (C=O) groups excluding carboxylic acids is 1. The van der Waals surface area contributed by atoms with Crippen LogP contribution in [0.4, 0.5) is 11.5 Å². The molecule has 2 aromatic carbocycles. The predicted octanol–water partition coefficient (Wildman–Crippen LogP) is 4.65. The van der Waals surface area contributed by atoms with E-state index in [0.29, 0.717) is 18.0 Å². The molecule has 0 saturated heterocycles. The Morgan fingerprint density at radius 3 is 2.80 bits per heavy atom. The van der Waals surface area contributed by atoms with E-state index in [-0.39, 0.29) is 11.4 Å². The van der Waals surface area contributed by atoms with Crippen molar-refractivity contribution in [3.63, 3.8) is 0 Å². The van der Waals surface area contributed by atoms with Crippen LogP contribution in [-0.2, 0) is 13.5 Å². The lowest BCUT2D eigenvalue weighted by Crippen LogP contribution is -2.44. The number of anilines is 2. The number of rotatable bonds is 7. The highest BCUT2D eigenvalue weighted by molar-refractivity contribution is 6.04. The van der Waals surface area contributed by atoms with Crippen LogP contribution in [0.2, 0.25) is 0 Å². The number of amides is 1. The van der Waals surface area contributed by atoms with Crippen LogP contribution in [0, 0.1) is 0 Å². The van der Waals surface area contributed by atoms with Crippen molar-refractivity contribution in [2.24, 2.45) is 7.05 Å². The average molecular weight is 405 g/mol. The molecular formula is C24H28N4O2. The van der Waals surface area contributed by atoms with Gasteiger partial charge in [0, 0.05) is 24.9 Å². The zero-order chi connectivity index (χ0) is 21.0. The highest BCUT2D eigenvalue weighted by Gasteiger charge is 2.30. The van der Waals surface area contributed by atoms with Crippen molar-refractivity contribution in [2.45, 2.75) is 38.1 Å². The van der Waals surface area contributed by atoms with E-state index in [4.69, 9.17) is 4.74 Å². The molecule has 0 spiro atoms. The zero-order valence-corrected chi connectivity index (χ0v) is 17.5. The Labute approximate surface area is 177 Å². The average Bonchev–Trinajstić information content (AvgIpc) is 3.16. The Kier molecular flexibility index (Phi) is 5.74. The van der Waals surface area contributed by atoms with Crippen LogP contribution in [0.25, 0.3) is 0 Å². The van der Waals surface area contributed by atoms with Gasteiger partial charge in [0.05, 0.1) is 11.2 Å². The van der Waals surface area contributed by atoms with E-state index < -0.39 is 0 Å². The van der Waals surface area contributed by atoms with Gasteiger partial charge in [-0.1, -0.05) is 36.8 Å². The molecule has 1 amide bonds.